The SMILES string of the molecule is CNCc1occc1COc1cncc(Cl)c1. The number of nitrogens with zero attached hydrogens (tertiary/aromatic N) is 1. The Morgan fingerprint density at radius 1 is 1.47 bits per heavy atom. The van der Waals surface area contributed by atoms with Gasteiger partial charge in [0.2, 0.25) is 0 Å². The van der Waals surface area contributed by atoms with E-state index in [0.29, 0.717) is 23.9 Å². The van der Waals surface area contributed by atoms with Gasteiger partial charge >= 0.3 is 0 Å². The quantitative estimate of drug-likeness (QED) is 0.889. The first-order valence-electron chi connectivity index (χ1n) is 5.23. The molecule has 0 saturated carbocycles. The van der Waals surface area contributed by atoms with Crippen molar-refractivity contribution >= 4 is 11.6 Å². The Morgan fingerprint density at radius 2 is 2.35 bits per heavy atom. The molecule has 4 nitrogen and oxygen atoms in total. The molecule has 2 aromatic rings. The topological polar surface area (TPSA) is 47.3 Å². The molecule has 0 spiro atoms. The molecule has 5 heteroatoms. The second kappa shape index (κ2) is 5.70. The van der Waals surface area contributed by atoms with Crippen molar-refractivity contribution in [3.8, 4) is 5.75 Å². The van der Waals surface area contributed by atoms with Gasteiger partial charge in [-0.05, 0) is 13.1 Å². The lowest BCUT2D eigenvalue weighted by atomic mass is 10.2. The zero-order chi connectivity index (χ0) is 12.1. The van der Waals surface area contributed by atoms with E-state index in [-0.39, 0.29) is 0 Å². The maximum Gasteiger partial charge on any atom is 0.139 e. The van der Waals surface area contributed by atoms with Crippen LogP contribution in [0.4, 0.5) is 0 Å². The van der Waals surface area contributed by atoms with Gasteiger partial charge in [0.15, 0.2) is 0 Å². The zero-order valence-electron chi connectivity index (χ0n) is 9.44. The van der Waals surface area contributed by atoms with Crippen LogP contribution in [0.15, 0.2) is 35.2 Å². The maximum absolute atomic E-state index is 5.82. The van der Waals surface area contributed by atoms with Crippen molar-refractivity contribution in [2.24, 2.45) is 0 Å². The third-order valence-corrected chi connectivity index (χ3v) is 2.46. The molecule has 0 radical (unpaired) electrons. The van der Waals surface area contributed by atoms with Crippen molar-refractivity contribution in [2.45, 2.75) is 13.2 Å². The number of pyridine rings is 1. The van der Waals surface area contributed by atoms with E-state index in [1.54, 1.807) is 24.7 Å². The van der Waals surface area contributed by atoms with E-state index in [0.717, 1.165) is 11.3 Å². The summed E-state index contributed by atoms with van der Waals surface area (Å²) in [6.45, 7) is 1.12. The van der Waals surface area contributed by atoms with Gasteiger partial charge in [-0.1, -0.05) is 11.6 Å². The molecule has 2 rings (SSSR count). The number of aromatic nitrogens is 1. The number of hydrogen-bond acceptors (Lipinski definition) is 4. The van der Waals surface area contributed by atoms with E-state index in [1.165, 1.54) is 0 Å². The fourth-order valence-corrected chi connectivity index (χ4v) is 1.61. The van der Waals surface area contributed by atoms with Crippen LogP contribution < -0.4 is 10.1 Å². The Kier molecular flexibility index (Phi) is 4.01. The predicted octanol–water partition coefficient (Wildman–Crippen LogP) is 2.63. The summed E-state index contributed by atoms with van der Waals surface area (Å²) in [4.78, 5) is 3.95. The molecular weight excluding hydrogens is 240 g/mol. The second-order valence-corrected chi connectivity index (χ2v) is 3.96. The van der Waals surface area contributed by atoms with Crippen molar-refractivity contribution in [2.75, 3.05) is 7.05 Å². The van der Waals surface area contributed by atoms with Gasteiger partial charge < -0.3 is 14.5 Å². The third kappa shape index (κ3) is 3.22. The van der Waals surface area contributed by atoms with Gasteiger partial charge in [0.25, 0.3) is 0 Å². The van der Waals surface area contributed by atoms with Crippen LogP contribution in [0.1, 0.15) is 11.3 Å². The van der Waals surface area contributed by atoms with Crippen LogP contribution in [-0.2, 0) is 13.2 Å². The van der Waals surface area contributed by atoms with Crippen molar-refractivity contribution < 1.29 is 9.15 Å². The molecule has 0 aliphatic heterocycles. The molecule has 1 N–H and O–H groups in total. The van der Waals surface area contributed by atoms with Crippen LogP contribution >= 0.6 is 11.6 Å². The van der Waals surface area contributed by atoms with Crippen LogP contribution in [0.2, 0.25) is 5.02 Å². The number of hydrogen-bond donors (Lipinski definition) is 1. The Balaban J connectivity index is 1.99. The van der Waals surface area contributed by atoms with Crippen molar-refractivity contribution in [1.29, 1.82) is 0 Å². The number of rotatable bonds is 5. The average Bonchev–Trinajstić information content (AvgIpc) is 2.75. The lowest BCUT2D eigenvalue weighted by Gasteiger charge is -2.06. The van der Waals surface area contributed by atoms with Gasteiger partial charge in [0, 0.05) is 17.8 Å². The molecule has 0 fully saturated rings. The molecule has 2 heterocycles. The lowest BCUT2D eigenvalue weighted by molar-refractivity contribution is 0.300. The monoisotopic (exact) mass is 252 g/mol. The molecule has 0 aliphatic carbocycles. The molecule has 90 valence electrons. The summed E-state index contributed by atoms with van der Waals surface area (Å²) < 4.78 is 10.9. The molecule has 0 saturated heterocycles. The highest BCUT2D eigenvalue weighted by molar-refractivity contribution is 6.30. The Morgan fingerprint density at radius 3 is 3.12 bits per heavy atom. The fraction of sp³-hybridized carbons (Fsp3) is 0.250. The van der Waals surface area contributed by atoms with E-state index in [2.05, 4.69) is 10.3 Å². The van der Waals surface area contributed by atoms with E-state index in [1.807, 2.05) is 13.1 Å². The molecule has 17 heavy (non-hydrogen) atoms. The number of furan rings is 1. The van der Waals surface area contributed by atoms with Crippen LogP contribution in [0.5, 0.6) is 5.75 Å². The lowest BCUT2D eigenvalue weighted by Crippen LogP contribution is -2.07. The summed E-state index contributed by atoms with van der Waals surface area (Å²) in [5, 5.41) is 3.60. The molecule has 0 amide bonds. The molecule has 2 aromatic heterocycles. The average molecular weight is 253 g/mol. The van der Waals surface area contributed by atoms with E-state index >= 15 is 0 Å². The summed E-state index contributed by atoms with van der Waals surface area (Å²) >= 11 is 5.82. The minimum absolute atomic E-state index is 0.440. The van der Waals surface area contributed by atoms with Crippen LogP contribution in [0.25, 0.3) is 0 Å². The first-order valence-corrected chi connectivity index (χ1v) is 5.60. The standard InChI is InChI=1S/C12H13ClN2O2/c1-14-7-12-9(2-3-16-12)8-17-11-4-10(13)5-15-6-11/h2-6,14H,7-8H2,1H3. The zero-order valence-corrected chi connectivity index (χ0v) is 10.2. The summed E-state index contributed by atoms with van der Waals surface area (Å²) in [7, 11) is 1.87. The molecule has 0 aromatic carbocycles. The Bertz CT molecular complexity index is 485. The Labute approximate surface area is 105 Å². The molecule has 0 unspecified atom stereocenters. The smallest absolute Gasteiger partial charge is 0.139 e. The summed E-state index contributed by atoms with van der Waals surface area (Å²) in [6, 6.07) is 3.62. The van der Waals surface area contributed by atoms with Crippen LogP contribution in [-0.4, -0.2) is 12.0 Å². The Hall–Kier alpha value is -1.52. The molecule has 0 atom stereocenters. The predicted molar refractivity (Wildman–Crippen MR) is 65.1 cm³/mol. The normalized spacial score (nSPS) is 10.5. The number of halogens is 1. The van der Waals surface area contributed by atoms with E-state index in [4.69, 9.17) is 20.8 Å². The largest absolute Gasteiger partial charge is 0.487 e. The highest BCUT2D eigenvalue weighted by Gasteiger charge is 2.06. The third-order valence-electron chi connectivity index (χ3n) is 2.25. The van der Waals surface area contributed by atoms with Crippen molar-refractivity contribution in [1.82, 2.24) is 10.3 Å². The van der Waals surface area contributed by atoms with Gasteiger partial charge in [-0.3, -0.25) is 4.98 Å². The van der Waals surface area contributed by atoms with Gasteiger partial charge in [-0.15, -0.1) is 0 Å². The second-order valence-electron chi connectivity index (χ2n) is 3.53. The highest BCUT2D eigenvalue weighted by Crippen LogP contribution is 2.18. The van der Waals surface area contributed by atoms with Gasteiger partial charge in [0.1, 0.15) is 18.1 Å². The molecule has 0 bridgehead atoms. The first-order chi connectivity index (χ1) is 8.29. The van der Waals surface area contributed by atoms with E-state index in [9.17, 15) is 0 Å². The maximum atomic E-state index is 5.82. The molecule has 0 aliphatic rings. The minimum Gasteiger partial charge on any atom is -0.487 e. The van der Waals surface area contributed by atoms with Gasteiger partial charge in [0.05, 0.1) is 24.0 Å². The molecular formula is C12H13ClN2O2. The summed E-state index contributed by atoms with van der Waals surface area (Å²) in [6.07, 6.45) is 4.85. The van der Waals surface area contributed by atoms with Gasteiger partial charge in [-0.25, -0.2) is 0 Å². The fourth-order valence-electron chi connectivity index (χ4n) is 1.44. The summed E-state index contributed by atoms with van der Waals surface area (Å²) in [5.74, 6) is 1.52. The minimum atomic E-state index is 0.440. The van der Waals surface area contributed by atoms with Crippen molar-refractivity contribution in [3.63, 3.8) is 0 Å². The van der Waals surface area contributed by atoms with Crippen LogP contribution in [0, 0.1) is 0 Å². The number of ether oxygens (including phenoxy) is 1. The first kappa shape index (κ1) is 12.0. The number of nitrogens with one attached hydrogen (secondary N) is 1. The highest BCUT2D eigenvalue weighted by atomic mass is 35.5. The van der Waals surface area contributed by atoms with Crippen LogP contribution in [0.3, 0.4) is 0 Å². The summed E-state index contributed by atoms with van der Waals surface area (Å²) in [5.41, 5.74) is 1.01. The van der Waals surface area contributed by atoms with E-state index < -0.39 is 0 Å². The van der Waals surface area contributed by atoms with Crippen molar-refractivity contribution in [3.05, 3.63) is 47.1 Å². The van der Waals surface area contributed by atoms with Gasteiger partial charge in [-0.2, -0.15) is 0 Å².